The predicted octanol–water partition coefficient (Wildman–Crippen LogP) is 3.28. The molecule has 0 amide bonds. The fourth-order valence-corrected chi connectivity index (χ4v) is 3.98. The molecule has 1 aliphatic carbocycles. The lowest BCUT2D eigenvalue weighted by Gasteiger charge is -2.33. The molecule has 1 aliphatic rings. The summed E-state index contributed by atoms with van der Waals surface area (Å²) >= 11 is 2.02. The van der Waals surface area contributed by atoms with E-state index in [0.29, 0.717) is 5.92 Å². The van der Waals surface area contributed by atoms with E-state index < -0.39 is 0 Å². The third kappa shape index (κ3) is 3.05. The third-order valence-electron chi connectivity index (χ3n) is 3.51. The van der Waals surface area contributed by atoms with Crippen LogP contribution in [0.5, 0.6) is 0 Å². The molecule has 2 rings (SSSR count). The summed E-state index contributed by atoms with van der Waals surface area (Å²) in [5.74, 6) is 3.63. The van der Waals surface area contributed by atoms with E-state index in [1.54, 1.807) is 6.26 Å². The normalized spacial score (nSPS) is 30.5. The van der Waals surface area contributed by atoms with E-state index in [2.05, 4.69) is 13.0 Å². The van der Waals surface area contributed by atoms with Crippen LogP contribution in [0, 0.1) is 11.8 Å². The maximum Gasteiger partial charge on any atom is 0.113 e. The van der Waals surface area contributed by atoms with Gasteiger partial charge in [0.1, 0.15) is 5.76 Å². The Balaban J connectivity index is 1.85. The summed E-state index contributed by atoms with van der Waals surface area (Å²) < 4.78 is 5.37. The van der Waals surface area contributed by atoms with E-state index in [-0.39, 0.29) is 0 Å². The average Bonchev–Trinajstić information content (AvgIpc) is 2.79. The van der Waals surface area contributed by atoms with Gasteiger partial charge in [0.05, 0.1) is 12.0 Å². The highest BCUT2D eigenvalue weighted by Crippen LogP contribution is 2.37. The lowest BCUT2D eigenvalue weighted by atomic mass is 9.82. The second kappa shape index (κ2) is 5.78. The molecule has 0 bridgehead atoms. The van der Waals surface area contributed by atoms with Crippen LogP contribution in [0.2, 0.25) is 0 Å². The van der Waals surface area contributed by atoms with Crippen molar-refractivity contribution in [2.75, 3.05) is 6.54 Å². The standard InChI is InChI=1S/C13H21NOS/c1-10-4-5-11(8-14)13(7-10)16-9-12-3-2-6-15-12/h2-3,6,10-11,13H,4-5,7-9,14H2,1H3. The Morgan fingerprint density at radius 2 is 2.38 bits per heavy atom. The van der Waals surface area contributed by atoms with Crippen LogP contribution in [-0.4, -0.2) is 11.8 Å². The van der Waals surface area contributed by atoms with Crippen LogP contribution in [-0.2, 0) is 5.75 Å². The van der Waals surface area contributed by atoms with Crippen molar-refractivity contribution in [1.29, 1.82) is 0 Å². The van der Waals surface area contributed by atoms with Crippen LogP contribution in [0.4, 0.5) is 0 Å². The number of hydrogen-bond acceptors (Lipinski definition) is 3. The third-order valence-corrected chi connectivity index (χ3v) is 4.97. The summed E-state index contributed by atoms with van der Waals surface area (Å²) in [6, 6.07) is 4.01. The first-order chi connectivity index (χ1) is 7.79. The molecule has 1 aromatic heterocycles. The summed E-state index contributed by atoms with van der Waals surface area (Å²) in [5, 5.41) is 0.721. The Hall–Kier alpha value is -0.410. The topological polar surface area (TPSA) is 39.2 Å². The van der Waals surface area contributed by atoms with E-state index in [1.165, 1.54) is 19.3 Å². The number of furan rings is 1. The molecule has 1 heterocycles. The summed E-state index contributed by atoms with van der Waals surface area (Å²) in [7, 11) is 0. The summed E-state index contributed by atoms with van der Waals surface area (Å²) in [6.45, 7) is 3.19. The molecular formula is C13H21NOS. The van der Waals surface area contributed by atoms with Gasteiger partial charge in [0, 0.05) is 5.25 Å². The van der Waals surface area contributed by atoms with Crippen LogP contribution in [0.1, 0.15) is 31.9 Å². The van der Waals surface area contributed by atoms with Gasteiger partial charge in [-0.1, -0.05) is 13.3 Å². The van der Waals surface area contributed by atoms with Crippen molar-refractivity contribution in [3.05, 3.63) is 24.2 Å². The van der Waals surface area contributed by atoms with Crippen molar-refractivity contribution in [1.82, 2.24) is 0 Å². The molecule has 90 valence electrons. The van der Waals surface area contributed by atoms with Gasteiger partial charge in [-0.3, -0.25) is 0 Å². The molecule has 16 heavy (non-hydrogen) atoms. The smallest absolute Gasteiger partial charge is 0.113 e. The van der Waals surface area contributed by atoms with Gasteiger partial charge < -0.3 is 10.2 Å². The monoisotopic (exact) mass is 239 g/mol. The first-order valence-corrected chi connectivity index (χ1v) is 7.18. The van der Waals surface area contributed by atoms with Crippen molar-refractivity contribution in [3.8, 4) is 0 Å². The van der Waals surface area contributed by atoms with Crippen molar-refractivity contribution in [2.24, 2.45) is 17.6 Å². The molecule has 1 aromatic rings. The minimum absolute atomic E-state index is 0.705. The molecule has 0 saturated heterocycles. The number of rotatable bonds is 4. The molecule has 1 saturated carbocycles. The molecule has 3 unspecified atom stereocenters. The van der Waals surface area contributed by atoms with Crippen molar-refractivity contribution in [3.63, 3.8) is 0 Å². The zero-order valence-electron chi connectivity index (χ0n) is 9.89. The molecule has 0 radical (unpaired) electrons. The van der Waals surface area contributed by atoms with Gasteiger partial charge >= 0.3 is 0 Å². The van der Waals surface area contributed by atoms with Gasteiger partial charge in [0.15, 0.2) is 0 Å². The van der Waals surface area contributed by atoms with E-state index in [4.69, 9.17) is 10.2 Å². The Morgan fingerprint density at radius 1 is 1.50 bits per heavy atom. The van der Waals surface area contributed by atoms with Gasteiger partial charge in [0.2, 0.25) is 0 Å². The Labute approximate surface area is 102 Å². The van der Waals surface area contributed by atoms with Crippen molar-refractivity contribution >= 4 is 11.8 Å². The molecule has 2 N–H and O–H groups in total. The Kier molecular flexibility index (Phi) is 4.36. The molecule has 3 atom stereocenters. The van der Waals surface area contributed by atoms with E-state index in [9.17, 15) is 0 Å². The quantitative estimate of drug-likeness (QED) is 0.876. The Morgan fingerprint density at radius 3 is 3.06 bits per heavy atom. The fourth-order valence-electron chi connectivity index (χ4n) is 2.45. The lowest BCUT2D eigenvalue weighted by Crippen LogP contribution is -2.31. The largest absolute Gasteiger partial charge is 0.468 e. The van der Waals surface area contributed by atoms with E-state index in [1.807, 2.05) is 17.8 Å². The number of nitrogens with two attached hydrogens (primary N) is 1. The number of hydrogen-bond donors (Lipinski definition) is 1. The van der Waals surface area contributed by atoms with E-state index >= 15 is 0 Å². The van der Waals surface area contributed by atoms with Gasteiger partial charge in [-0.05, 0) is 43.4 Å². The molecule has 0 spiro atoms. The maximum atomic E-state index is 5.85. The van der Waals surface area contributed by atoms with Gasteiger partial charge in [-0.25, -0.2) is 0 Å². The van der Waals surface area contributed by atoms with Gasteiger partial charge in [0.25, 0.3) is 0 Å². The first kappa shape index (κ1) is 12.1. The Bertz CT molecular complexity index is 299. The summed E-state index contributed by atoms with van der Waals surface area (Å²) in [6.07, 6.45) is 5.71. The van der Waals surface area contributed by atoms with Crippen LogP contribution >= 0.6 is 11.8 Å². The summed E-state index contributed by atoms with van der Waals surface area (Å²) in [5.41, 5.74) is 5.85. The van der Waals surface area contributed by atoms with Crippen molar-refractivity contribution < 1.29 is 4.42 Å². The van der Waals surface area contributed by atoms with Crippen LogP contribution in [0.15, 0.2) is 22.8 Å². The van der Waals surface area contributed by atoms with E-state index in [0.717, 1.165) is 29.2 Å². The minimum atomic E-state index is 0.705. The molecule has 0 aromatic carbocycles. The predicted molar refractivity (Wildman–Crippen MR) is 69.4 cm³/mol. The molecule has 2 nitrogen and oxygen atoms in total. The lowest BCUT2D eigenvalue weighted by molar-refractivity contribution is 0.306. The second-order valence-electron chi connectivity index (χ2n) is 4.84. The van der Waals surface area contributed by atoms with Crippen LogP contribution in [0.3, 0.4) is 0 Å². The molecule has 1 fully saturated rings. The minimum Gasteiger partial charge on any atom is -0.468 e. The highest BCUT2D eigenvalue weighted by atomic mass is 32.2. The second-order valence-corrected chi connectivity index (χ2v) is 6.07. The van der Waals surface area contributed by atoms with Crippen LogP contribution in [0.25, 0.3) is 0 Å². The van der Waals surface area contributed by atoms with Gasteiger partial charge in [-0.15, -0.1) is 0 Å². The van der Waals surface area contributed by atoms with Gasteiger partial charge in [-0.2, -0.15) is 11.8 Å². The maximum absolute atomic E-state index is 5.85. The summed E-state index contributed by atoms with van der Waals surface area (Å²) in [4.78, 5) is 0. The zero-order valence-corrected chi connectivity index (χ0v) is 10.7. The molecule has 0 aliphatic heterocycles. The molecule has 3 heteroatoms. The highest BCUT2D eigenvalue weighted by Gasteiger charge is 2.27. The molecular weight excluding hydrogens is 218 g/mol. The van der Waals surface area contributed by atoms with Crippen molar-refractivity contribution in [2.45, 2.75) is 37.2 Å². The first-order valence-electron chi connectivity index (χ1n) is 6.13. The van der Waals surface area contributed by atoms with Crippen LogP contribution < -0.4 is 5.73 Å². The SMILES string of the molecule is CC1CCC(CN)C(SCc2ccco2)C1. The number of thioether (sulfide) groups is 1. The average molecular weight is 239 g/mol. The highest BCUT2D eigenvalue weighted by molar-refractivity contribution is 7.99. The fraction of sp³-hybridized carbons (Fsp3) is 0.692. The zero-order chi connectivity index (χ0) is 11.4.